The van der Waals surface area contributed by atoms with Crippen molar-refractivity contribution in [3.05, 3.63) is 65.2 Å². The van der Waals surface area contributed by atoms with Crippen molar-refractivity contribution < 1.29 is 9.84 Å². The summed E-state index contributed by atoms with van der Waals surface area (Å²) in [5, 5.41) is 13.5. The first-order valence-corrected chi connectivity index (χ1v) is 8.43. The van der Waals surface area contributed by atoms with Crippen LogP contribution in [-0.4, -0.2) is 24.4 Å². The molecule has 0 aromatic heterocycles. The highest BCUT2D eigenvalue weighted by Gasteiger charge is 2.13. The van der Waals surface area contributed by atoms with E-state index in [2.05, 4.69) is 36.5 Å². The lowest BCUT2D eigenvalue weighted by Crippen LogP contribution is -2.33. The Labute approximate surface area is 138 Å². The summed E-state index contributed by atoms with van der Waals surface area (Å²) in [6, 6.07) is 16.7. The number of nitrogens with one attached hydrogen (secondary N) is 1. The second-order valence-electron chi connectivity index (χ2n) is 6.29. The van der Waals surface area contributed by atoms with E-state index >= 15 is 0 Å². The van der Waals surface area contributed by atoms with E-state index in [4.69, 9.17) is 4.74 Å². The van der Waals surface area contributed by atoms with Crippen molar-refractivity contribution in [3.63, 3.8) is 0 Å². The van der Waals surface area contributed by atoms with E-state index in [9.17, 15) is 5.11 Å². The van der Waals surface area contributed by atoms with Gasteiger partial charge in [-0.1, -0.05) is 36.4 Å². The van der Waals surface area contributed by atoms with Crippen LogP contribution < -0.4 is 10.1 Å². The van der Waals surface area contributed by atoms with Gasteiger partial charge in [0.05, 0.1) is 0 Å². The maximum absolute atomic E-state index is 10.1. The molecule has 0 saturated heterocycles. The largest absolute Gasteiger partial charge is 0.491 e. The van der Waals surface area contributed by atoms with Gasteiger partial charge >= 0.3 is 0 Å². The predicted molar refractivity (Wildman–Crippen MR) is 92.8 cm³/mol. The SMILES string of the molecule is C[C@@H](NC[C@H](O)COc1ccc2c(c1)CCC2)c1ccccc1. The molecule has 3 rings (SSSR count). The zero-order valence-corrected chi connectivity index (χ0v) is 13.7. The molecule has 0 aliphatic heterocycles. The number of ether oxygens (including phenoxy) is 1. The predicted octanol–water partition coefficient (Wildman–Crippen LogP) is 3.27. The maximum Gasteiger partial charge on any atom is 0.119 e. The summed E-state index contributed by atoms with van der Waals surface area (Å²) < 4.78 is 5.74. The van der Waals surface area contributed by atoms with Crippen LogP contribution in [0.5, 0.6) is 5.75 Å². The van der Waals surface area contributed by atoms with Gasteiger partial charge in [-0.25, -0.2) is 0 Å². The number of hydrogen-bond acceptors (Lipinski definition) is 3. The zero-order valence-electron chi connectivity index (χ0n) is 13.7. The van der Waals surface area contributed by atoms with Gasteiger partial charge in [-0.2, -0.15) is 0 Å². The molecule has 0 fully saturated rings. The van der Waals surface area contributed by atoms with Gasteiger partial charge in [-0.3, -0.25) is 0 Å². The Morgan fingerprint density at radius 2 is 1.87 bits per heavy atom. The van der Waals surface area contributed by atoms with Crippen LogP contribution in [0.1, 0.15) is 36.1 Å². The average Bonchev–Trinajstić information content (AvgIpc) is 3.06. The van der Waals surface area contributed by atoms with Crippen molar-refractivity contribution in [1.82, 2.24) is 5.32 Å². The molecule has 0 unspecified atom stereocenters. The number of aryl methyl sites for hydroxylation is 2. The van der Waals surface area contributed by atoms with Crippen molar-refractivity contribution in [2.75, 3.05) is 13.2 Å². The number of hydrogen-bond donors (Lipinski definition) is 2. The lowest BCUT2D eigenvalue weighted by Gasteiger charge is -2.18. The summed E-state index contributed by atoms with van der Waals surface area (Å²) in [6.07, 6.45) is 3.04. The normalized spacial score (nSPS) is 15.9. The third kappa shape index (κ3) is 4.34. The molecule has 2 N–H and O–H groups in total. The van der Waals surface area contributed by atoms with E-state index in [0.29, 0.717) is 13.2 Å². The molecule has 1 aliphatic carbocycles. The van der Waals surface area contributed by atoms with Crippen LogP contribution in [0.2, 0.25) is 0 Å². The van der Waals surface area contributed by atoms with Gasteiger partial charge in [0.1, 0.15) is 18.5 Å². The van der Waals surface area contributed by atoms with Crippen molar-refractivity contribution in [1.29, 1.82) is 0 Å². The van der Waals surface area contributed by atoms with Crippen LogP contribution >= 0.6 is 0 Å². The Morgan fingerprint density at radius 3 is 2.70 bits per heavy atom. The Bertz CT molecular complexity index is 627. The van der Waals surface area contributed by atoms with Crippen molar-refractivity contribution >= 4 is 0 Å². The first-order chi connectivity index (χ1) is 11.2. The first-order valence-electron chi connectivity index (χ1n) is 8.43. The Kier molecular flexibility index (Phi) is 5.31. The fraction of sp³-hybridized carbons (Fsp3) is 0.400. The number of fused-ring (bicyclic) bond motifs is 1. The fourth-order valence-corrected chi connectivity index (χ4v) is 3.06. The summed E-state index contributed by atoms with van der Waals surface area (Å²) in [7, 11) is 0. The molecule has 2 atom stereocenters. The molecule has 0 bridgehead atoms. The van der Waals surface area contributed by atoms with Gasteiger partial charge in [0.2, 0.25) is 0 Å². The van der Waals surface area contributed by atoms with E-state index in [1.165, 1.54) is 29.5 Å². The second-order valence-corrected chi connectivity index (χ2v) is 6.29. The molecule has 0 radical (unpaired) electrons. The monoisotopic (exact) mass is 311 g/mol. The molecule has 23 heavy (non-hydrogen) atoms. The molecular formula is C20H25NO2. The van der Waals surface area contributed by atoms with E-state index < -0.39 is 6.10 Å². The Balaban J connectivity index is 1.44. The average molecular weight is 311 g/mol. The topological polar surface area (TPSA) is 41.5 Å². The summed E-state index contributed by atoms with van der Waals surface area (Å²) in [6.45, 7) is 2.93. The summed E-state index contributed by atoms with van der Waals surface area (Å²) in [4.78, 5) is 0. The molecule has 0 saturated carbocycles. The molecule has 0 spiro atoms. The molecule has 3 heteroatoms. The number of benzene rings is 2. The highest BCUT2D eigenvalue weighted by Crippen LogP contribution is 2.26. The van der Waals surface area contributed by atoms with Crippen LogP contribution in [0.3, 0.4) is 0 Å². The van der Waals surface area contributed by atoms with Crippen LogP contribution in [0.25, 0.3) is 0 Å². The molecule has 3 nitrogen and oxygen atoms in total. The van der Waals surface area contributed by atoms with Crippen LogP contribution in [0.4, 0.5) is 0 Å². The first kappa shape index (κ1) is 16.0. The Morgan fingerprint density at radius 1 is 1.09 bits per heavy atom. The smallest absolute Gasteiger partial charge is 0.119 e. The molecule has 0 amide bonds. The van der Waals surface area contributed by atoms with Crippen LogP contribution in [0, 0.1) is 0 Å². The van der Waals surface area contributed by atoms with E-state index in [-0.39, 0.29) is 6.04 Å². The zero-order chi connectivity index (χ0) is 16.1. The highest BCUT2D eigenvalue weighted by molar-refractivity contribution is 5.38. The minimum absolute atomic E-state index is 0.214. The maximum atomic E-state index is 10.1. The van der Waals surface area contributed by atoms with Gasteiger partial charge in [-0.15, -0.1) is 0 Å². The molecule has 2 aromatic rings. The molecule has 0 heterocycles. The summed E-state index contributed by atoms with van der Waals surface area (Å²) >= 11 is 0. The summed E-state index contributed by atoms with van der Waals surface area (Å²) in [5.41, 5.74) is 4.06. The van der Waals surface area contributed by atoms with Gasteiger partial charge in [0.25, 0.3) is 0 Å². The van der Waals surface area contributed by atoms with E-state index in [1.54, 1.807) is 0 Å². The van der Waals surface area contributed by atoms with E-state index in [0.717, 1.165) is 12.2 Å². The Hall–Kier alpha value is -1.84. The quantitative estimate of drug-likeness (QED) is 0.824. The third-order valence-electron chi connectivity index (χ3n) is 4.47. The van der Waals surface area contributed by atoms with Crippen molar-refractivity contribution in [2.45, 2.75) is 38.3 Å². The van der Waals surface area contributed by atoms with Gasteiger partial charge in [0.15, 0.2) is 0 Å². The number of aliphatic hydroxyl groups excluding tert-OH is 1. The molecule has 122 valence electrons. The van der Waals surface area contributed by atoms with Gasteiger partial charge in [0, 0.05) is 12.6 Å². The third-order valence-corrected chi connectivity index (χ3v) is 4.47. The summed E-state index contributed by atoms with van der Waals surface area (Å²) in [5.74, 6) is 0.862. The molecular weight excluding hydrogens is 286 g/mol. The lowest BCUT2D eigenvalue weighted by molar-refractivity contribution is 0.104. The molecule has 2 aromatic carbocycles. The van der Waals surface area contributed by atoms with Gasteiger partial charge in [-0.05, 0) is 55.0 Å². The van der Waals surface area contributed by atoms with Crippen molar-refractivity contribution in [2.24, 2.45) is 0 Å². The van der Waals surface area contributed by atoms with E-state index in [1.807, 2.05) is 24.3 Å². The van der Waals surface area contributed by atoms with Gasteiger partial charge < -0.3 is 15.2 Å². The fourth-order valence-electron chi connectivity index (χ4n) is 3.06. The van der Waals surface area contributed by atoms with Crippen LogP contribution in [-0.2, 0) is 12.8 Å². The highest BCUT2D eigenvalue weighted by atomic mass is 16.5. The lowest BCUT2D eigenvalue weighted by atomic mass is 10.1. The second kappa shape index (κ2) is 7.62. The minimum atomic E-state index is -0.519. The number of rotatable bonds is 7. The van der Waals surface area contributed by atoms with Crippen molar-refractivity contribution in [3.8, 4) is 5.75 Å². The van der Waals surface area contributed by atoms with Crippen LogP contribution in [0.15, 0.2) is 48.5 Å². The minimum Gasteiger partial charge on any atom is -0.491 e. The standard InChI is InChI=1S/C20H25NO2/c1-15(16-6-3-2-4-7-16)21-13-19(22)14-23-20-11-10-17-8-5-9-18(17)12-20/h2-4,6-7,10-12,15,19,21-22H,5,8-9,13-14H2,1H3/t15-,19+/m1/s1. The number of aliphatic hydroxyl groups is 1. The molecule has 1 aliphatic rings.